The second-order valence-corrected chi connectivity index (χ2v) is 3.97. The van der Waals surface area contributed by atoms with Gasteiger partial charge in [-0.2, -0.15) is 5.10 Å². The second-order valence-electron chi connectivity index (χ2n) is 3.97. The van der Waals surface area contributed by atoms with Crippen molar-refractivity contribution in [1.82, 2.24) is 15.2 Å². The first kappa shape index (κ1) is 10.1. The third-order valence-corrected chi connectivity index (χ3v) is 2.76. The largest absolute Gasteiger partial charge is 0.399 e. The summed E-state index contributed by atoms with van der Waals surface area (Å²) >= 11 is 0. The molecule has 17 heavy (non-hydrogen) atoms. The fraction of sp³-hybridized carbons (Fsp3) is 0.182. The van der Waals surface area contributed by atoms with Gasteiger partial charge >= 0.3 is 0 Å². The minimum atomic E-state index is -0.103. The van der Waals surface area contributed by atoms with Crippen LogP contribution in [0.3, 0.4) is 0 Å². The number of hydrazine groups is 1. The SMILES string of the molecule is Nc1cccc(C2NNc3cc(CO)nn32)c1. The van der Waals surface area contributed by atoms with Crippen molar-refractivity contribution < 1.29 is 5.11 Å². The van der Waals surface area contributed by atoms with Crippen molar-refractivity contribution in [2.75, 3.05) is 11.2 Å². The molecule has 0 spiro atoms. The van der Waals surface area contributed by atoms with E-state index >= 15 is 0 Å². The Labute approximate surface area is 98.0 Å². The van der Waals surface area contributed by atoms with E-state index in [1.807, 2.05) is 24.3 Å². The van der Waals surface area contributed by atoms with Crippen LogP contribution in [0.25, 0.3) is 0 Å². The Morgan fingerprint density at radius 1 is 1.41 bits per heavy atom. The molecule has 1 unspecified atom stereocenters. The highest BCUT2D eigenvalue weighted by atomic mass is 16.3. The Balaban J connectivity index is 2.00. The molecule has 3 rings (SSSR count). The number of rotatable bonds is 2. The predicted molar refractivity (Wildman–Crippen MR) is 63.9 cm³/mol. The number of nitrogen functional groups attached to an aromatic ring is 1. The number of aliphatic hydroxyl groups excluding tert-OH is 1. The van der Waals surface area contributed by atoms with Gasteiger partial charge in [-0.1, -0.05) is 12.1 Å². The molecule has 0 radical (unpaired) electrons. The van der Waals surface area contributed by atoms with Crippen molar-refractivity contribution >= 4 is 11.5 Å². The zero-order valence-corrected chi connectivity index (χ0v) is 9.09. The summed E-state index contributed by atoms with van der Waals surface area (Å²) in [5, 5.41) is 13.3. The number of hydrogen-bond acceptors (Lipinski definition) is 5. The van der Waals surface area contributed by atoms with Crippen LogP contribution in [-0.4, -0.2) is 14.9 Å². The number of fused-ring (bicyclic) bond motifs is 1. The Morgan fingerprint density at radius 2 is 2.29 bits per heavy atom. The first-order chi connectivity index (χ1) is 8.28. The van der Waals surface area contributed by atoms with Gasteiger partial charge in [-0.25, -0.2) is 10.1 Å². The molecule has 5 N–H and O–H groups in total. The standard InChI is InChI=1S/C11H13N5O/c12-8-3-1-2-7(4-8)11-14-13-10-5-9(6-17)15-16(10)11/h1-5,11,13-14,17H,6,12H2. The molecule has 0 bridgehead atoms. The van der Waals surface area contributed by atoms with E-state index in [2.05, 4.69) is 16.0 Å². The van der Waals surface area contributed by atoms with Crippen molar-refractivity contribution in [3.8, 4) is 0 Å². The molecule has 2 aromatic rings. The number of nitrogens with one attached hydrogen (secondary N) is 2. The van der Waals surface area contributed by atoms with E-state index in [-0.39, 0.29) is 12.8 Å². The average Bonchev–Trinajstić information content (AvgIpc) is 2.87. The summed E-state index contributed by atoms with van der Waals surface area (Å²) < 4.78 is 1.79. The van der Waals surface area contributed by atoms with Crippen molar-refractivity contribution in [2.45, 2.75) is 12.8 Å². The molecule has 0 saturated heterocycles. The maximum Gasteiger partial charge on any atom is 0.146 e. The molecule has 1 aromatic heterocycles. The van der Waals surface area contributed by atoms with Crippen molar-refractivity contribution in [3.63, 3.8) is 0 Å². The molecule has 6 heteroatoms. The quantitative estimate of drug-likeness (QED) is 0.563. The van der Waals surface area contributed by atoms with Gasteiger partial charge in [-0.05, 0) is 17.7 Å². The summed E-state index contributed by atoms with van der Waals surface area (Å²) in [6.45, 7) is -0.0642. The highest BCUT2D eigenvalue weighted by Gasteiger charge is 2.24. The van der Waals surface area contributed by atoms with Crippen LogP contribution in [0.2, 0.25) is 0 Å². The van der Waals surface area contributed by atoms with Gasteiger partial charge in [-0.15, -0.1) is 0 Å². The van der Waals surface area contributed by atoms with Gasteiger partial charge in [0.25, 0.3) is 0 Å². The van der Waals surface area contributed by atoms with Gasteiger partial charge in [0, 0.05) is 11.8 Å². The van der Waals surface area contributed by atoms with E-state index in [1.54, 1.807) is 10.7 Å². The highest BCUT2D eigenvalue weighted by Crippen LogP contribution is 2.26. The lowest BCUT2D eigenvalue weighted by atomic mass is 10.1. The molecule has 0 fully saturated rings. The molecular formula is C11H13N5O. The van der Waals surface area contributed by atoms with Crippen molar-refractivity contribution in [1.29, 1.82) is 0 Å². The summed E-state index contributed by atoms with van der Waals surface area (Å²) in [6.07, 6.45) is -0.103. The molecule has 1 atom stereocenters. The fourth-order valence-electron chi connectivity index (χ4n) is 1.97. The number of nitrogens with two attached hydrogens (primary N) is 1. The molecule has 88 valence electrons. The van der Waals surface area contributed by atoms with E-state index in [0.29, 0.717) is 11.4 Å². The smallest absolute Gasteiger partial charge is 0.146 e. The molecule has 1 aliphatic rings. The maximum absolute atomic E-state index is 9.05. The Morgan fingerprint density at radius 3 is 3.06 bits per heavy atom. The molecule has 6 nitrogen and oxygen atoms in total. The van der Waals surface area contributed by atoms with Crippen LogP contribution in [0.1, 0.15) is 17.4 Å². The zero-order valence-electron chi connectivity index (χ0n) is 9.09. The summed E-state index contributed by atoms with van der Waals surface area (Å²) in [4.78, 5) is 0. The van der Waals surface area contributed by atoms with E-state index in [4.69, 9.17) is 10.8 Å². The van der Waals surface area contributed by atoms with Crippen molar-refractivity contribution in [3.05, 3.63) is 41.6 Å². The second kappa shape index (κ2) is 3.76. The van der Waals surface area contributed by atoms with Crippen LogP contribution in [-0.2, 0) is 6.61 Å². The Bertz CT molecular complexity index is 551. The number of nitrogens with zero attached hydrogens (tertiary/aromatic N) is 2. The van der Waals surface area contributed by atoms with Crippen LogP contribution in [0.15, 0.2) is 30.3 Å². The lowest BCUT2D eigenvalue weighted by Gasteiger charge is -2.12. The van der Waals surface area contributed by atoms with Gasteiger partial charge in [0.2, 0.25) is 0 Å². The number of benzene rings is 1. The van der Waals surface area contributed by atoms with Crippen LogP contribution >= 0.6 is 0 Å². The van der Waals surface area contributed by atoms with Gasteiger partial charge < -0.3 is 16.3 Å². The Kier molecular flexibility index (Phi) is 2.24. The fourth-order valence-corrected chi connectivity index (χ4v) is 1.97. The van der Waals surface area contributed by atoms with Crippen LogP contribution < -0.4 is 16.6 Å². The van der Waals surface area contributed by atoms with Crippen LogP contribution in [0.4, 0.5) is 11.5 Å². The lowest BCUT2D eigenvalue weighted by molar-refractivity contribution is 0.274. The predicted octanol–water partition coefficient (Wildman–Crippen LogP) is 0.435. The molecule has 2 heterocycles. The number of anilines is 2. The molecule has 0 saturated carbocycles. The third kappa shape index (κ3) is 1.63. The van der Waals surface area contributed by atoms with Gasteiger partial charge in [0.15, 0.2) is 0 Å². The molecule has 1 aromatic carbocycles. The summed E-state index contributed by atoms with van der Waals surface area (Å²) in [6, 6.07) is 9.43. The third-order valence-electron chi connectivity index (χ3n) is 2.76. The summed E-state index contributed by atoms with van der Waals surface area (Å²) in [7, 11) is 0. The molecule has 1 aliphatic heterocycles. The molecule has 0 amide bonds. The van der Waals surface area contributed by atoms with E-state index in [9.17, 15) is 0 Å². The van der Waals surface area contributed by atoms with Crippen LogP contribution in [0.5, 0.6) is 0 Å². The monoisotopic (exact) mass is 231 g/mol. The average molecular weight is 231 g/mol. The van der Waals surface area contributed by atoms with E-state index in [1.165, 1.54) is 0 Å². The zero-order chi connectivity index (χ0) is 11.8. The normalized spacial score (nSPS) is 17.8. The lowest BCUT2D eigenvalue weighted by Crippen LogP contribution is -2.23. The summed E-state index contributed by atoms with van der Waals surface area (Å²) in [5.74, 6) is 0.835. The van der Waals surface area contributed by atoms with Crippen LogP contribution in [0, 0.1) is 0 Å². The van der Waals surface area contributed by atoms with Gasteiger partial charge in [-0.3, -0.25) is 0 Å². The van der Waals surface area contributed by atoms with E-state index < -0.39 is 0 Å². The number of hydrogen-bond donors (Lipinski definition) is 4. The van der Waals surface area contributed by atoms with E-state index in [0.717, 1.165) is 11.4 Å². The summed E-state index contributed by atoms with van der Waals surface area (Å²) in [5.41, 5.74) is 14.3. The van der Waals surface area contributed by atoms with Gasteiger partial charge in [0.1, 0.15) is 12.0 Å². The molecular weight excluding hydrogens is 218 g/mol. The topological polar surface area (TPSA) is 88.1 Å². The number of aliphatic hydroxyl groups is 1. The highest BCUT2D eigenvalue weighted by molar-refractivity contribution is 5.46. The minimum absolute atomic E-state index is 0.0642. The Hall–Kier alpha value is -2.05. The first-order valence-corrected chi connectivity index (χ1v) is 5.34. The van der Waals surface area contributed by atoms with Gasteiger partial charge in [0.05, 0.1) is 12.3 Å². The van der Waals surface area contributed by atoms with Crippen molar-refractivity contribution in [2.24, 2.45) is 0 Å². The first-order valence-electron chi connectivity index (χ1n) is 5.34. The minimum Gasteiger partial charge on any atom is -0.399 e. The number of aromatic nitrogens is 2. The molecule has 0 aliphatic carbocycles. The maximum atomic E-state index is 9.05.